The van der Waals surface area contributed by atoms with Crippen LogP contribution in [0.2, 0.25) is 19.1 Å². The Balaban J connectivity index is 2.46. The quantitative estimate of drug-likeness (QED) is 0.752. The molecular weight excluding hydrogens is 218 g/mol. The lowest BCUT2D eigenvalue weighted by atomic mass is 10.4. The first-order valence-electron chi connectivity index (χ1n) is 4.61. The van der Waals surface area contributed by atoms with Crippen LogP contribution < -0.4 is 5.32 Å². The minimum absolute atomic E-state index is 0.136. The number of nitrogens with one attached hydrogen (secondary N) is 1. The Bertz CT molecular complexity index is 257. The molecule has 0 radical (unpaired) electrons. The Kier molecular flexibility index (Phi) is 3.60. The third-order valence-corrected chi connectivity index (χ3v) is 5.52. The van der Waals surface area contributed by atoms with Gasteiger partial charge in [-0.05, 0) is 19.1 Å². The maximum Gasteiger partial charge on any atom is 0.316 e. The van der Waals surface area contributed by atoms with Gasteiger partial charge in [0, 0.05) is 5.75 Å². The van der Waals surface area contributed by atoms with Crippen LogP contribution in [-0.4, -0.2) is 31.3 Å². The van der Waals surface area contributed by atoms with Gasteiger partial charge in [0.2, 0.25) is 8.32 Å². The predicted molar refractivity (Wildman–Crippen MR) is 58.8 cm³/mol. The molecule has 0 saturated carbocycles. The van der Waals surface area contributed by atoms with Crippen molar-refractivity contribution < 1.29 is 14.0 Å². The molecule has 1 amide bonds. The van der Waals surface area contributed by atoms with Crippen LogP contribution in [0.5, 0.6) is 0 Å². The number of carbonyl (C=O) groups excluding carboxylic acids is 2. The second-order valence-corrected chi connectivity index (χ2v) is 9.25. The monoisotopic (exact) mass is 233 g/mol. The molecule has 6 heteroatoms. The fourth-order valence-electron chi connectivity index (χ4n) is 0.927. The molecule has 1 atom stereocenters. The van der Waals surface area contributed by atoms with Crippen molar-refractivity contribution >= 4 is 31.3 Å². The highest BCUT2D eigenvalue weighted by molar-refractivity contribution is 8.14. The summed E-state index contributed by atoms with van der Waals surface area (Å²) in [5, 5.41) is 2.44. The van der Waals surface area contributed by atoms with Crippen molar-refractivity contribution in [3.05, 3.63) is 0 Å². The van der Waals surface area contributed by atoms with Crippen molar-refractivity contribution in [3.63, 3.8) is 0 Å². The van der Waals surface area contributed by atoms with Crippen molar-refractivity contribution in [1.82, 2.24) is 5.32 Å². The van der Waals surface area contributed by atoms with Crippen LogP contribution in [-0.2, 0) is 9.22 Å². The highest BCUT2D eigenvalue weighted by Crippen LogP contribution is 2.17. The summed E-state index contributed by atoms with van der Waals surface area (Å²) in [4.78, 5) is 22.4. The van der Waals surface area contributed by atoms with Crippen LogP contribution in [0.1, 0.15) is 6.92 Å². The summed E-state index contributed by atoms with van der Waals surface area (Å²) >= 11 is 1.13. The van der Waals surface area contributed by atoms with E-state index in [4.69, 9.17) is 4.43 Å². The minimum atomic E-state index is -1.84. The standard InChI is InChI=1S/C8H15NO3SSi/c1-4-14(2,3)12-7(10)6-5-13-8(11)9-6/h6H,4-5H2,1-3H3,(H,9,11)/t6-/m0/s1. The van der Waals surface area contributed by atoms with Crippen LogP contribution in [0.3, 0.4) is 0 Å². The number of thioether (sulfide) groups is 1. The Morgan fingerprint density at radius 3 is 2.79 bits per heavy atom. The van der Waals surface area contributed by atoms with Gasteiger partial charge in [0.15, 0.2) is 0 Å². The first-order chi connectivity index (χ1) is 6.44. The first kappa shape index (κ1) is 11.6. The van der Waals surface area contributed by atoms with E-state index in [-0.39, 0.29) is 11.2 Å². The third-order valence-electron chi connectivity index (χ3n) is 2.19. The normalized spacial score (nSPS) is 21.9. The summed E-state index contributed by atoms with van der Waals surface area (Å²) in [5.41, 5.74) is 0. The zero-order chi connectivity index (χ0) is 10.8. The van der Waals surface area contributed by atoms with E-state index in [0.29, 0.717) is 5.75 Å². The summed E-state index contributed by atoms with van der Waals surface area (Å²) in [6.45, 7) is 6.01. The van der Waals surface area contributed by atoms with Crippen molar-refractivity contribution in [2.45, 2.75) is 32.1 Å². The Morgan fingerprint density at radius 2 is 2.36 bits per heavy atom. The lowest BCUT2D eigenvalue weighted by molar-refractivity contribution is -0.136. The van der Waals surface area contributed by atoms with Crippen molar-refractivity contribution in [1.29, 1.82) is 0 Å². The lowest BCUT2D eigenvalue weighted by Crippen LogP contribution is -2.42. The van der Waals surface area contributed by atoms with Gasteiger partial charge in [0.1, 0.15) is 6.04 Å². The smallest absolute Gasteiger partial charge is 0.316 e. The van der Waals surface area contributed by atoms with Crippen LogP contribution in [0.15, 0.2) is 0 Å². The molecule has 1 N–H and O–H groups in total. The SMILES string of the molecule is CC[Si](C)(C)OC(=O)[C@@H]1CSC(=O)N1. The van der Waals surface area contributed by atoms with Gasteiger partial charge in [-0.3, -0.25) is 9.59 Å². The van der Waals surface area contributed by atoms with E-state index in [1.165, 1.54) is 0 Å². The molecule has 0 aromatic rings. The first-order valence-corrected chi connectivity index (χ1v) is 8.71. The largest absolute Gasteiger partial charge is 0.518 e. The molecule has 0 aromatic carbocycles. The van der Waals surface area contributed by atoms with Crippen molar-refractivity contribution in [3.8, 4) is 0 Å². The van der Waals surface area contributed by atoms with Gasteiger partial charge in [-0.25, -0.2) is 0 Å². The molecule has 0 bridgehead atoms. The molecule has 0 aliphatic carbocycles. The summed E-state index contributed by atoms with van der Waals surface area (Å²) in [7, 11) is -1.84. The van der Waals surface area contributed by atoms with Crippen LogP contribution >= 0.6 is 11.8 Å². The third kappa shape index (κ3) is 3.02. The van der Waals surface area contributed by atoms with E-state index >= 15 is 0 Å². The summed E-state index contributed by atoms with van der Waals surface area (Å²) in [6, 6.07) is 0.456. The molecule has 1 saturated heterocycles. The van der Waals surface area contributed by atoms with Crippen molar-refractivity contribution in [2.75, 3.05) is 5.75 Å². The molecule has 1 rings (SSSR count). The van der Waals surface area contributed by atoms with E-state index in [2.05, 4.69) is 5.32 Å². The van der Waals surface area contributed by atoms with Gasteiger partial charge >= 0.3 is 5.97 Å². The van der Waals surface area contributed by atoms with Gasteiger partial charge in [0.05, 0.1) is 0 Å². The summed E-state index contributed by atoms with van der Waals surface area (Å²) < 4.78 is 5.39. The second-order valence-electron chi connectivity index (χ2n) is 3.83. The molecule has 1 heterocycles. The highest BCUT2D eigenvalue weighted by Gasteiger charge is 2.33. The molecule has 0 spiro atoms. The van der Waals surface area contributed by atoms with E-state index in [0.717, 1.165) is 17.8 Å². The average Bonchev–Trinajstić information content (AvgIpc) is 2.51. The lowest BCUT2D eigenvalue weighted by Gasteiger charge is -2.22. The van der Waals surface area contributed by atoms with E-state index in [1.54, 1.807) is 0 Å². The van der Waals surface area contributed by atoms with Crippen molar-refractivity contribution in [2.24, 2.45) is 0 Å². The maximum atomic E-state index is 11.5. The van der Waals surface area contributed by atoms with Gasteiger partial charge in [-0.15, -0.1) is 0 Å². The van der Waals surface area contributed by atoms with Gasteiger partial charge in [0.25, 0.3) is 5.24 Å². The Labute approximate surface area is 88.9 Å². The fraction of sp³-hybridized carbons (Fsp3) is 0.750. The number of carbonyl (C=O) groups is 2. The van der Waals surface area contributed by atoms with Crippen LogP contribution in [0, 0.1) is 0 Å². The summed E-state index contributed by atoms with van der Waals surface area (Å²) in [6.07, 6.45) is 0. The molecule has 80 valence electrons. The molecule has 4 nitrogen and oxygen atoms in total. The molecule has 1 fully saturated rings. The topological polar surface area (TPSA) is 55.4 Å². The number of hydrogen-bond donors (Lipinski definition) is 1. The molecular formula is C8H15NO3SSi. The highest BCUT2D eigenvalue weighted by atomic mass is 32.2. The zero-order valence-electron chi connectivity index (χ0n) is 8.62. The predicted octanol–water partition coefficient (Wildman–Crippen LogP) is 1.58. The average molecular weight is 233 g/mol. The Hall–Kier alpha value is -0.493. The van der Waals surface area contributed by atoms with Gasteiger partial charge < -0.3 is 9.74 Å². The molecule has 1 aliphatic rings. The van der Waals surface area contributed by atoms with Crippen LogP contribution in [0.25, 0.3) is 0 Å². The summed E-state index contributed by atoms with van der Waals surface area (Å²) in [5.74, 6) is 0.216. The minimum Gasteiger partial charge on any atom is -0.518 e. The zero-order valence-corrected chi connectivity index (χ0v) is 10.4. The number of amides is 1. The molecule has 1 aliphatic heterocycles. The molecule has 14 heavy (non-hydrogen) atoms. The van der Waals surface area contributed by atoms with E-state index < -0.39 is 14.4 Å². The molecule has 0 unspecified atom stereocenters. The molecule has 0 aromatic heterocycles. The number of hydrogen-bond acceptors (Lipinski definition) is 4. The van der Waals surface area contributed by atoms with Gasteiger partial charge in [-0.1, -0.05) is 18.7 Å². The van der Waals surface area contributed by atoms with E-state index in [9.17, 15) is 9.59 Å². The Morgan fingerprint density at radius 1 is 1.71 bits per heavy atom. The second kappa shape index (κ2) is 4.35. The van der Waals surface area contributed by atoms with E-state index in [1.807, 2.05) is 20.0 Å². The fourth-order valence-corrected chi connectivity index (χ4v) is 2.52. The van der Waals surface area contributed by atoms with Gasteiger partial charge in [-0.2, -0.15) is 0 Å². The number of rotatable bonds is 3. The van der Waals surface area contributed by atoms with Crippen LogP contribution in [0.4, 0.5) is 4.79 Å². The maximum absolute atomic E-state index is 11.5.